The third-order valence-electron chi connectivity index (χ3n) is 6.09. The Hall–Kier alpha value is -5.30. The molecule has 9 nitrogen and oxygen atoms in total. The van der Waals surface area contributed by atoms with Crippen molar-refractivity contribution in [1.82, 2.24) is 15.0 Å². The second-order valence-electron chi connectivity index (χ2n) is 8.85. The second kappa shape index (κ2) is 9.63. The fourth-order valence-corrected chi connectivity index (χ4v) is 4.23. The van der Waals surface area contributed by atoms with E-state index in [2.05, 4.69) is 26.3 Å². The van der Waals surface area contributed by atoms with Crippen LogP contribution in [-0.2, 0) is 7.05 Å². The number of H-pyrrole nitrogens is 1. The average Bonchev–Trinajstić information content (AvgIpc) is 3.27. The van der Waals surface area contributed by atoms with Crippen LogP contribution in [-0.4, -0.2) is 20.9 Å². The van der Waals surface area contributed by atoms with Gasteiger partial charge in [-0.25, -0.2) is 13.9 Å². The number of hydrogen-bond acceptors (Lipinski definition) is 6. The lowest BCUT2D eigenvalue weighted by Gasteiger charge is -2.15. The van der Waals surface area contributed by atoms with Gasteiger partial charge in [-0.1, -0.05) is 6.07 Å². The lowest BCUT2D eigenvalue weighted by Crippen LogP contribution is -2.25. The van der Waals surface area contributed by atoms with E-state index in [4.69, 9.17) is 15.7 Å². The van der Waals surface area contributed by atoms with Crippen LogP contribution in [0.2, 0.25) is 0 Å². The molecule has 2 heterocycles. The number of fused-ring (bicyclic) bond motifs is 1. The van der Waals surface area contributed by atoms with Crippen LogP contribution in [0.25, 0.3) is 22.3 Å². The van der Waals surface area contributed by atoms with Crippen LogP contribution in [0.3, 0.4) is 0 Å². The summed E-state index contributed by atoms with van der Waals surface area (Å²) < 4.78 is 22.9. The highest BCUT2D eigenvalue weighted by atomic mass is 19.1. The maximum absolute atomic E-state index is 14.8. The van der Waals surface area contributed by atoms with Gasteiger partial charge in [0.05, 0.1) is 18.7 Å². The van der Waals surface area contributed by atoms with E-state index in [1.165, 1.54) is 6.07 Å². The fraction of sp³-hybridized carbons (Fsp3) is 0.107. The van der Waals surface area contributed by atoms with Crippen molar-refractivity contribution in [1.29, 1.82) is 5.26 Å². The standard InChI is InChI=1S/C28H22FN7O2/c1-15-10-19(21-9-6-18(25(31)37)12-22(21)29)11-16(2)24(15)38-27-23-26(32-14-36(23)3)34-28(35-27)33-20-7-4-17(13-30)5-8-20/h4-12,14H,1-3H3,(H3,31,33,34,35,37)/p+1. The quantitative estimate of drug-likeness (QED) is 0.285. The van der Waals surface area contributed by atoms with Crippen LogP contribution in [0.15, 0.2) is 60.9 Å². The predicted octanol–water partition coefficient (Wildman–Crippen LogP) is 4.71. The molecule has 0 spiro atoms. The molecule has 0 saturated carbocycles. The number of benzene rings is 3. The van der Waals surface area contributed by atoms with Crippen LogP contribution in [0.4, 0.5) is 16.0 Å². The van der Waals surface area contributed by atoms with E-state index in [1.54, 1.807) is 36.7 Å². The summed E-state index contributed by atoms with van der Waals surface area (Å²) in [4.78, 5) is 23.7. The summed E-state index contributed by atoms with van der Waals surface area (Å²) in [5.41, 5.74) is 10.4. The molecule has 38 heavy (non-hydrogen) atoms. The van der Waals surface area contributed by atoms with Gasteiger partial charge < -0.3 is 15.8 Å². The zero-order valence-corrected chi connectivity index (χ0v) is 20.8. The molecular formula is C28H23FN7O2+. The van der Waals surface area contributed by atoms with Crippen LogP contribution < -0.4 is 20.4 Å². The van der Waals surface area contributed by atoms with E-state index in [-0.39, 0.29) is 5.56 Å². The van der Waals surface area contributed by atoms with Crippen molar-refractivity contribution in [3.8, 4) is 28.8 Å². The van der Waals surface area contributed by atoms with Crippen molar-refractivity contribution in [2.75, 3.05) is 5.32 Å². The monoisotopic (exact) mass is 508 g/mol. The normalized spacial score (nSPS) is 10.8. The molecule has 0 unspecified atom stereocenters. The van der Waals surface area contributed by atoms with Gasteiger partial charge in [0, 0.05) is 16.8 Å². The molecule has 3 aromatic carbocycles. The molecule has 0 atom stereocenters. The Kier molecular flexibility index (Phi) is 6.18. The zero-order valence-electron chi connectivity index (χ0n) is 20.8. The van der Waals surface area contributed by atoms with Gasteiger partial charge in [-0.3, -0.25) is 4.79 Å². The number of nitrogens with two attached hydrogens (primary N) is 1. The van der Waals surface area contributed by atoms with Gasteiger partial charge in [-0.05, 0) is 79.1 Å². The van der Waals surface area contributed by atoms with E-state index in [0.29, 0.717) is 51.1 Å². The Balaban J connectivity index is 1.51. The van der Waals surface area contributed by atoms with E-state index in [0.717, 1.165) is 17.2 Å². The highest BCUT2D eigenvalue weighted by Crippen LogP contribution is 2.35. The topological polar surface area (TPSA) is 134 Å². The molecule has 0 fully saturated rings. The van der Waals surface area contributed by atoms with Crippen molar-refractivity contribution < 1.29 is 18.5 Å². The number of hydrogen-bond donors (Lipinski definition) is 3. The van der Waals surface area contributed by atoms with Crippen LogP contribution in [0, 0.1) is 31.0 Å². The molecule has 5 aromatic rings. The molecular weight excluding hydrogens is 485 g/mol. The van der Waals surface area contributed by atoms with Gasteiger partial charge in [0.1, 0.15) is 11.6 Å². The van der Waals surface area contributed by atoms with Gasteiger partial charge in [0.2, 0.25) is 18.2 Å². The number of nitrogens with one attached hydrogen (secondary N) is 2. The third kappa shape index (κ3) is 4.60. The van der Waals surface area contributed by atoms with Crippen molar-refractivity contribution in [3.05, 3.63) is 89.0 Å². The van der Waals surface area contributed by atoms with Crippen molar-refractivity contribution in [2.45, 2.75) is 13.8 Å². The summed E-state index contributed by atoms with van der Waals surface area (Å²) >= 11 is 0. The van der Waals surface area contributed by atoms with Crippen molar-refractivity contribution in [2.24, 2.45) is 12.8 Å². The van der Waals surface area contributed by atoms with Gasteiger partial charge in [-0.15, -0.1) is 0 Å². The summed E-state index contributed by atoms with van der Waals surface area (Å²) in [6.07, 6.45) is 1.75. The van der Waals surface area contributed by atoms with Gasteiger partial charge in [-0.2, -0.15) is 15.2 Å². The Morgan fingerprint density at radius 2 is 1.82 bits per heavy atom. The summed E-state index contributed by atoms with van der Waals surface area (Å²) in [6, 6.07) is 16.8. The largest absolute Gasteiger partial charge is 0.435 e. The number of rotatable bonds is 6. The summed E-state index contributed by atoms with van der Waals surface area (Å²) in [7, 11) is 1.85. The summed E-state index contributed by atoms with van der Waals surface area (Å²) in [5.74, 6) is -0.0136. The molecule has 4 N–H and O–H groups in total. The molecule has 0 radical (unpaired) electrons. The van der Waals surface area contributed by atoms with E-state index in [9.17, 15) is 9.18 Å². The maximum Gasteiger partial charge on any atom is 0.277 e. The number of aryl methyl sites for hydroxylation is 3. The number of imidazole rings is 1. The van der Waals surface area contributed by atoms with Gasteiger partial charge in [0.25, 0.3) is 17.0 Å². The molecule has 10 heteroatoms. The lowest BCUT2D eigenvalue weighted by molar-refractivity contribution is -0.645. The number of carbonyl (C=O) groups is 1. The zero-order chi connectivity index (χ0) is 27.0. The van der Waals surface area contributed by atoms with E-state index in [1.807, 2.05) is 37.6 Å². The summed E-state index contributed by atoms with van der Waals surface area (Å²) in [5, 5.41) is 12.2. The average molecular weight is 509 g/mol. The Morgan fingerprint density at radius 3 is 2.45 bits per heavy atom. The number of aromatic nitrogens is 4. The molecule has 0 saturated heterocycles. The molecule has 0 aliphatic heterocycles. The minimum absolute atomic E-state index is 0.109. The number of amides is 1. The molecule has 0 aliphatic carbocycles. The first-order valence-electron chi connectivity index (χ1n) is 11.6. The highest BCUT2D eigenvalue weighted by Gasteiger charge is 2.21. The molecule has 1 amide bonds. The number of carbonyl (C=O) groups excluding carboxylic acids is 1. The number of ether oxygens (including phenoxy) is 1. The number of anilines is 2. The number of nitrogens with zero attached hydrogens (tertiary/aromatic N) is 4. The Bertz CT molecular complexity index is 1730. The first kappa shape index (κ1) is 24.4. The van der Waals surface area contributed by atoms with Crippen LogP contribution in [0.1, 0.15) is 27.0 Å². The Morgan fingerprint density at radius 1 is 1.11 bits per heavy atom. The highest BCUT2D eigenvalue weighted by molar-refractivity contribution is 5.93. The Labute approximate surface area is 217 Å². The third-order valence-corrected chi connectivity index (χ3v) is 6.09. The van der Waals surface area contributed by atoms with E-state index < -0.39 is 11.7 Å². The van der Waals surface area contributed by atoms with Crippen LogP contribution >= 0.6 is 0 Å². The minimum atomic E-state index is -0.686. The predicted molar refractivity (Wildman–Crippen MR) is 139 cm³/mol. The number of nitriles is 1. The first-order valence-corrected chi connectivity index (χ1v) is 11.6. The van der Waals surface area contributed by atoms with Gasteiger partial charge in [0.15, 0.2) is 0 Å². The lowest BCUT2D eigenvalue weighted by atomic mass is 9.98. The fourth-order valence-electron chi connectivity index (χ4n) is 4.23. The molecule has 188 valence electrons. The van der Waals surface area contributed by atoms with Gasteiger partial charge >= 0.3 is 0 Å². The maximum atomic E-state index is 14.8. The SMILES string of the molecule is Cc1cc(-c2ccc(C(N)=O)cc2F)cc(C)c1Oc1nc(Nc2ccc(C#N)cc2)nc2[nH]c[n+](C)c12. The minimum Gasteiger partial charge on any atom is -0.435 e. The second-order valence-corrected chi connectivity index (χ2v) is 8.85. The summed E-state index contributed by atoms with van der Waals surface area (Å²) in [6.45, 7) is 3.74. The first-order chi connectivity index (χ1) is 18.2. The molecule has 0 aliphatic rings. The number of aromatic amines is 1. The van der Waals surface area contributed by atoms with E-state index >= 15 is 0 Å². The van der Waals surface area contributed by atoms with Crippen molar-refractivity contribution >= 4 is 28.7 Å². The molecule has 5 rings (SSSR count). The van der Waals surface area contributed by atoms with Crippen molar-refractivity contribution in [3.63, 3.8) is 0 Å². The number of halogens is 1. The number of primary amides is 1. The molecule has 0 bridgehead atoms. The van der Waals surface area contributed by atoms with Crippen LogP contribution in [0.5, 0.6) is 11.6 Å². The smallest absolute Gasteiger partial charge is 0.277 e. The molecule has 2 aromatic heterocycles.